The number of nitrogens with one attached hydrogen (secondary N) is 2. The van der Waals surface area contributed by atoms with Crippen molar-refractivity contribution in [1.29, 1.82) is 0 Å². The van der Waals surface area contributed by atoms with E-state index in [2.05, 4.69) is 44.6 Å². The van der Waals surface area contributed by atoms with Crippen LogP contribution in [0.3, 0.4) is 0 Å². The topological polar surface area (TPSA) is 41.1 Å². The van der Waals surface area contributed by atoms with Gasteiger partial charge in [-0.25, -0.2) is 0 Å². The zero-order valence-corrected chi connectivity index (χ0v) is 10.8. The van der Waals surface area contributed by atoms with E-state index in [4.69, 9.17) is 4.79 Å². The molecular weight excluding hydrogens is 200 g/mol. The lowest BCUT2D eigenvalue weighted by Gasteiger charge is -2.16. The number of hydrogen-bond acceptors (Lipinski definition) is 2. The summed E-state index contributed by atoms with van der Waals surface area (Å²) in [5.74, 6) is 0. The summed E-state index contributed by atoms with van der Waals surface area (Å²) < 4.78 is 0. The molecule has 0 rings (SSSR count). The molecule has 0 saturated carbocycles. The van der Waals surface area contributed by atoms with E-state index in [0.717, 1.165) is 5.57 Å². The van der Waals surface area contributed by atoms with Crippen molar-refractivity contribution < 1.29 is 4.79 Å². The van der Waals surface area contributed by atoms with E-state index in [9.17, 15) is 0 Å². The Balaban J connectivity index is 0. The van der Waals surface area contributed by atoms with Crippen molar-refractivity contribution in [2.75, 3.05) is 7.05 Å². The maximum Gasteiger partial charge on any atom is 0.206 e. The molecule has 1 atom stereocenters. The number of amides is 1. The largest absolute Gasteiger partial charge is 0.362 e. The molecule has 1 amide bonds. The molecule has 0 aliphatic rings. The third kappa shape index (κ3) is 12.7. The second-order valence-electron chi connectivity index (χ2n) is 3.62. The fourth-order valence-electron chi connectivity index (χ4n) is 0.943. The Labute approximate surface area is 99.3 Å². The van der Waals surface area contributed by atoms with Crippen LogP contribution in [0.2, 0.25) is 0 Å². The average molecular weight is 224 g/mol. The molecule has 1 unspecified atom stereocenters. The summed E-state index contributed by atoms with van der Waals surface area (Å²) in [7, 11) is 1.56. The minimum atomic E-state index is 0.334. The molecule has 0 aromatic rings. The SMILES string of the molecule is C=C/C=C\C(=C)C(C)NC(C)C.CNC=O. The molecule has 0 fully saturated rings. The van der Waals surface area contributed by atoms with Crippen LogP contribution in [0.15, 0.2) is 37.0 Å². The van der Waals surface area contributed by atoms with E-state index >= 15 is 0 Å². The number of hydrogen-bond donors (Lipinski definition) is 2. The lowest BCUT2D eigenvalue weighted by molar-refractivity contribution is -0.109. The Hall–Kier alpha value is -1.35. The smallest absolute Gasteiger partial charge is 0.206 e. The summed E-state index contributed by atoms with van der Waals surface area (Å²) in [5.41, 5.74) is 1.09. The average Bonchev–Trinajstić information content (AvgIpc) is 2.25. The minimum absolute atomic E-state index is 0.334. The van der Waals surface area contributed by atoms with E-state index in [1.54, 1.807) is 13.1 Å². The Bertz CT molecular complexity index is 232. The van der Waals surface area contributed by atoms with Gasteiger partial charge in [-0.05, 0) is 12.5 Å². The summed E-state index contributed by atoms with van der Waals surface area (Å²) in [5, 5.41) is 5.62. The van der Waals surface area contributed by atoms with Crippen molar-refractivity contribution >= 4 is 6.41 Å². The molecule has 3 heteroatoms. The molecule has 3 nitrogen and oxygen atoms in total. The van der Waals surface area contributed by atoms with Gasteiger partial charge in [-0.15, -0.1) is 0 Å². The molecule has 16 heavy (non-hydrogen) atoms. The fraction of sp³-hybridized carbons (Fsp3) is 0.462. The van der Waals surface area contributed by atoms with Gasteiger partial charge >= 0.3 is 0 Å². The molecular formula is C13H24N2O. The van der Waals surface area contributed by atoms with Gasteiger partial charge in [0.15, 0.2) is 0 Å². The molecule has 0 bridgehead atoms. The second-order valence-corrected chi connectivity index (χ2v) is 3.62. The maximum absolute atomic E-state index is 9.06. The number of rotatable bonds is 6. The van der Waals surface area contributed by atoms with E-state index in [1.807, 2.05) is 12.2 Å². The molecule has 0 aromatic heterocycles. The van der Waals surface area contributed by atoms with Crippen LogP contribution >= 0.6 is 0 Å². The molecule has 0 radical (unpaired) electrons. The van der Waals surface area contributed by atoms with Crippen LogP contribution in [-0.2, 0) is 4.79 Å². The third-order valence-electron chi connectivity index (χ3n) is 1.70. The first-order valence-corrected chi connectivity index (χ1v) is 5.34. The second kappa shape index (κ2) is 11.7. The molecule has 0 aromatic carbocycles. The molecule has 0 aliphatic carbocycles. The van der Waals surface area contributed by atoms with Crippen molar-refractivity contribution in [3.8, 4) is 0 Å². The number of carbonyl (C=O) groups is 1. The Kier molecular flexibility index (Phi) is 12.5. The van der Waals surface area contributed by atoms with Crippen molar-refractivity contribution in [2.45, 2.75) is 32.9 Å². The van der Waals surface area contributed by atoms with Gasteiger partial charge in [-0.2, -0.15) is 0 Å². The van der Waals surface area contributed by atoms with Crippen molar-refractivity contribution in [2.24, 2.45) is 0 Å². The van der Waals surface area contributed by atoms with Crippen LogP contribution in [0.5, 0.6) is 0 Å². The van der Waals surface area contributed by atoms with Crippen LogP contribution in [0.1, 0.15) is 20.8 Å². The Morgan fingerprint density at radius 2 is 1.81 bits per heavy atom. The highest BCUT2D eigenvalue weighted by Gasteiger charge is 2.03. The molecule has 92 valence electrons. The van der Waals surface area contributed by atoms with Gasteiger partial charge in [-0.3, -0.25) is 4.79 Å². The van der Waals surface area contributed by atoms with Crippen LogP contribution in [0.25, 0.3) is 0 Å². The highest BCUT2D eigenvalue weighted by molar-refractivity contribution is 5.44. The first-order chi connectivity index (χ1) is 7.49. The van der Waals surface area contributed by atoms with E-state index in [0.29, 0.717) is 18.5 Å². The predicted molar refractivity (Wildman–Crippen MR) is 71.3 cm³/mol. The summed E-state index contributed by atoms with van der Waals surface area (Å²) in [6.07, 6.45) is 6.27. The van der Waals surface area contributed by atoms with Crippen molar-refractivity contribution in [1.82, 2.24) is 10.6 Å². The number of carbonyl (C=O) groups excluding carboxylic acids is 1. The minimum Gasteiger partial charge on any atom is -0.362 e. The molecule has 0 aliphatic heterocycles. The number of allylic oxidation sites excluding steroid dienone is 2. The molecule has 2 N–H and O–H groups in total. The molecule has 0 saturated heterocycles. The van der Waals surface area contributed by atoms with Crippen LogP contribution in [0, 0.1) is 0 Å². The summed E-state index contributed by atoms with van der Waals surface area (Å²) >= 11 is 0. The van der Waals surface area contributed by atoms with Gasteiger partial charge < -0.3 is 10.6 Å². The van der Waals surface area contributed by atoms with Crippen molar-refractivity contribution in [3.05, 3.63) is 37.0 Å². The van der Waals surface area contributed by atoms with E-state index in [1.165, 1.54) is 0 Å². The Morgan fingerprint density at radius 3 is 2.12 bits per heavy atom. The molecule has 0 spiro atoms. The van der Waals surface area contributed by atoms with Crippen LogP contribution < -0.4 is 10.6 Å². The van der Waals surface area contributed by atoms with Gasteiger partial charge in [0.05, 0.1) is 0 Å². The zero-order chi connectivity index (χ0) is 13.0. The van der Waals surface area contributed by atoms with E-state index < -0.39 is 0 Å². The highest BCUT2D eigenvalue weighted by atomic mass is 16.1. The lowest BCUT2D eigenvalue weighted by Crippen LogP contribution is -2.33. The van der Waals surface area contributed by atoms with Crippen molar-refractivity contribution in [3.63, 3.8) is 0 Å². The van der Waals surface area contributed by atoms with E-state index in [-0.39, 0.29) is 0 Å². The van der Waals surface area contributed by atoms with Gasteiger partial charge in [-0.1, -0.05) is 45.2 Å². The van der Waals surface area contributed by atoms with Crippen LogP contribution in [-0.4, -0.2) is 25.5 Å². The standard InChI is InChI=1S/C11H19N.C2H5NO/c1-6-7-8-10(4)11(5)12-9(2)3;1-3-2-4/h6-9,11-12H,1,4H2,2-3,5H3;2H,1H3,(H,3,4)/b8-7-;. The van der Waals surface area contributed by atoms with Gasteiger partial charge in [0.1, 0.15) is 0 Å². The normalized spacial score (nSPS) is 11.6. The third-order valence-corrected chi connectivity index (χ3v) is 1.70. The Morgan fingerprint density at radius 1 is 1.31 bits per heavy atom. The van der Waals surface area contributed by atoms with Crippen LogP contribution in [0.4, 0.5) is 0 Å². The predicted octanol–water partition coefficient (Wildman–Crippen LogP) is 2.03. The highest BCUT2D eigenvalue weighted by Crippen LogP contribution is 2.01. The zero-order valence-electron chi connectivity index (χ0n) is 10.8. The van der Waals surface area contributed by atoms with Gasteiger partial charge in [0, 0.05) is 19.1 Å². The van der Waals surface area contributed by atoms with Gasteiger partial charge in [0.25, 0.3) is 0 Å². The summed E-state index contributed by atoms with van der Waals surface area (Å²) in [6.45, 7) is 13.9. The monoisotopic (exact) mass is 224 g/mol. The summed E-state index contributed by atoms with van der Waals surface area (Å²) in [4.78, 5) is 9.06. The lowest BCUT2D eigenvalue weighted by atomic mass is 10.1. The quantitative estimate of drug-likeness (QED) is 0.535. The maximum atomic E-state index is 9.06. The molecule has 0 heterocycles. The first-order valence-electron chi connectivity index (χ1n) is 5.34. The first kappa shape index (κ1) is 17.1. The fourth-order valence-corrected chi connectivity index (χ4v) is 0.943. The summed E-state index contributed by atoms with van der Waals surface area (Å²) in [6, 6.07) is 0.829. The van der Waals surface area contributed by atoms with Gasteiger partial charge in [0.2, 0.25) is 6.41 Å².